The minimum absolute atomic E-state index is 0.209. The largest absolute Gasteiger partial charge is 0.266 e. The average molecular weight is 207 g/mol. The van der Waals surface area contributed by atoms with E-state index in [9.17, 15) is 0 Å². The lowest BCUT2D eigenvalue weighted by Gasteiger charge is -1.95. The van der Waals surface area contributed by atoms with E-state index in [2.05, 4.69) is 41.8 Å². The Labute approximate surface area is 86.9 Å². The van der Waals surface area contributed by atoms with Crippen LogP contribution in [0.5, 0.6) is 0 Å². The highest BCUT2D eigenvalue weighted by Crippen LogP contribution is 2.11. The first-order valence-corrected chi connectivity index (χ1v) is 5.56. The van der Waals surface area contributed by atoms with Crippen LogP contribution in [0.3, 0.4) is 0 Å². The fourth-order valence-electron chi connectivity index (χ4n) is 1.24. The molecule has 0 radical (unpaired) electrons. The van der Waals surface area contributed by atoms with E-state index >= 15 is 0 Å². The summed E-state index contributed by atoms with van der Waals surface area (Å²) in [7, 11) is 0. The Kier molecular flexibility index (Phi) is 2.46. The van der Waals surface area contributed by atoms with Gasteiger partial charge in [0.2, 0.25) is 0 Å². The summed E-state index contributed by atoms with van der Waals surface area (Å²) in [6.07, 6.45) is 3.72. The molecule has 1 aliphatic rings. The van der Waals surface area contributed by atoms with E-state index in [0.29, 0.717) is 5.92 Å². The molecule has 1 aromatic heterocycles. The van der Waals surface area contributed by atoms with Gasteiger partial charge in [0.15, 0.2) is 5.49 Å². The predicted molar refractivity (Wildman–Crippen MR) is 59.4 cm³/mol. The Bertz CT molecular complexity index is 470. The number of hydrogen-bond donors (Lipinski definition) is 0. The van der Waals surface area contributed by atoms with E-state index in [0.717, 1.165) is 15.0 Å². The first kappa shape index (κ1) is 9.52. The highest BCUT2D eigenvalue weighted by Gasteiger charge is 2.07. The van der Waals surface area contributed by atoms with Crippen molar-refractivity contribution in [2.45, 2.75) is 32.7 Å². The van der Waals surface area contributed by atoms with Gasteiger partial charge in [-0.15, -0.1) is 11.3 Å². The Morgan fingerprint density at radius 2 is 2.21 bits per heavy atom. The van der Waals surface area contributed by atoms with E-state index in [1.165, 1.54) is 0 Å². The standard InChI is InChI=1S/C10H13N3S/c1-6(2)10-13-9-8(14-10)4-7(3)11-5-12-9/h4-7H,1-3H3. The molecular formula is C10H13N3S. The summed E-state index contributed by atoms with van der Waals surface area (Å²) in [6, 6.07) is 0.209. The van der Waals surface area contributed by atoms with Gasteiger partial charge in [-0.2, -0.15) is 0 Å². The maximum Gasteiger partial charge on any atom is 0.171 e. The number of hydrogen-bond acceptors (Lipinski definition) is 4. The lowest BCUT2D eigenvalue weighted by atomic mass is 10.2. The van der Waals surface area contributed by atoms with Crippen molar-refractivity contribution in [3.05, 3.63) is 15.0 Å². The van der Waals surface area contributed by atoms with E-state index in [1.54, 1.807) is 17.7 Å². The SMILES string of the molecule is CC1C=c2sc(C(C)C)nc2=NC=N1. The molecule has 2 heterocycles. The number of thiazole rings is 1. The predicted octanol–water partition coefficient (Wildman–Crippen LogP) is 1.10. The summed E-state index contributed by atoms with van der Waals surface area (Å²) < 4.78 is 1.15. The van der Waals surface area contributed by atoms with Crippen molar-refractivity contribution in [3.8, 4) is 0 Å². The second-order valence-electron chi connectivity index (χ2n) is 3.70. The second kappa shape index (κ2) is 3.61. The lowest BCUT2D eigenvalue weighted by Crippen LogP contribution is -2.21. The Hall–Kier alpha value is -1.03. The van der Waals surface area contributed by atoms with Crippen LogP contribution in [0.1, 0.15) is 31.7 Å². The molecule has 0 aliphatic carbocycles. The summed E-state index contributed by atoms with van der Waals surface area (Å²) in [4.78, 5) is 12.9. The first-order valence-electron chi connectivity index (χ1n) is 4.75. The maximum atomic E-state index is 4.47. The normalized spacial score (nSPS) is 19.9. The molecule has 4 heteroatoms. The molecule has 0 amide bonds. The summed E-state index contributed by atoms with van der Waals surface area (Å²) in [5.74, 6) is 0.475. The molecule has 74 valence electrons. The highest BCUT2D eigenvalue weighted by atomic mass is 32.1. The van der Waals surface area contributed by atoms with Crippen molar-refractivity contribution in [2.75, 3.05) is 0 Å². The van der Waals surface area contributed by atoms with Crippen LogP contribution in [0, 0.1) is 0 Å². The third kappa shape index (κ3) is 1.75. The third-order valence-corrected chi connectivity index (χ3v) is 3.33. The fraction of sp³-hybridized carbons (Fsp3) is 0.500. The van der Waals surface area contributed by atoms with Gasteiger partial charge in [-0.05, 0) is 13.0 Å². The summed E-state index contributed by atoms with van der Waals surface area (Å²) >= 11 is 1.72. The van der Waals surface area contributed by atoms with Gasteiger partial charge in [-0.25, -0.2) is 9.98 Å². The molecule has 0 saturated heterocycles. The number of aromatic nitrogens is 1. The van der Waals surface area contributed by atoms with Crippen LogP contribution < -0.4 is 10.0 Å². The van der Waals surface area contributed by atoms with E-state index < -0.39 is 0 Å². The van der Waals surface area contributed by atoms with E-state index in [-0.39, 0.29) is 6.04 Å². The molecule has 0 bridgehead atoms. The van der Waals surface area contributed by atoms with Crippen molar-refractivity contribution in [2.24, 2.45) is 9.98 Å². The Morgan fingerprint density at radius 3 is 2.93 bits per heavy atom. The van der Waals surface area contributed by atoms with Crippen LogP contribution in [0.2, 0.25) is 0 Å². The average Bonchev–Trinajstić information content (AvgIpc) is 2.42. The second-order valence-corrected chi connectivity index (χ2v) is 4.76. The van der Waals surface area contributed by atoms with Crippen molar-refractivity contribution in [1.82, 2.24) is 4.98 Å². The van der Waals surface area contributed by atoms with Gasteiger partial charge in [-0.1, -0.05) is 13.8 Å². The van der Waals surface area contributed by atoms with Gasteiger partial charge in [0, 0.05) is 5.92 Å². The number of fused-ring (bicyclic) bond motifs is 1. The zero-order chi connectivity index (χ0) is 10.1. The van der Waals surface area contributed by atoms with Crippen LogP contribution in [0.15, 0.2) is 9.98 Å². The molecule has 3 nitrogen and oxygen atoms in total. The monoisotopic (exact) mass is 207 g/mol. The number of aliphatic imine (C=N–C) groups is 1. The van der Waals surface area contributed by atoms with Crippen molar-refractivity contribution in [3.63, 3.8) is 0 Å². The van der Waals surface area contributed by atoms with E-state index in [4.69, 9.17) is 0 Å². The molecule has 1 aromatic rings. The topological polar surface area (TPSA) is 37.6 Å². The summed E-state index contributed by atoms with van der Waals surface area (Å²) in [5.41, 5.74) is 0.826. The van der Waals surface area contributed by atoms with Crippen LogP contribution >= 0.6 is 11.3 Å². The quantitative estimate of drug-likeness (QED) is 0.679. The fourth-order valence-corrected chi connectivity index (χ4v) is 2.29. The third-order valence-electron chi connectivity index (χ3n) is 2.02. The minimum Gasteiger partial charge on any atom is -0.266 e. The molecule has 1 aliphatic heterocycles. The molecule has 0 N–H and O–H groups in total. The number of rotatable bonds is 1. The molecule has 2 rings (SSSR count). The molecular weight excluding hydrogens is 194 g/mol. The van der Waals surface area contributed by atoms with E-state index in [1.807, 2.05) is 0 Å². The lowest BCUT2D eigenvalue weighted by molar-refractivity contribution is 0.844. The van der Waals surface area contributed by atoms with Gasteiger partial charge >= 0.3 is 0 Å². The smallest absolute Gasteiger partial charge is 0.171 e. The van der Waals surface area contributed by atoms with Crippen molar-refractivity contribution in [1.29, 1.82) is 0 Å². The van der Waals surface area contributed by atoms with Gasteiger partial charge in [0.1, 0.15) is 6.34 Å². The number of nitrogens with zero attached hydrogens (tertiary/aromatic N) is 3. The van der Waals surface area contributed by atoms with Crippen LogP contribution in [-0.4, -0.2) is 17.4 Å². The molecule has 0 aromatic carbocycles. The van der Waals surface area contributed by atoms with Gasteiger partial charge in [-0.3, -0.25) is 4.99 Å². The molecule has 0 spiro atoms. The minimum atomic E-state index is 0.209. The molecule has 1 unspecified atom stereocenters. The molecule has 0 fully saturated rings. The summed E-state index contributed by atoms with van der Waals surface area (Å²) in [6.45, 7) is 6.35. The maximum absolute atomic E-state index is 4.47. The zero-order valence-electron chi connectivity index (χ0n) is 8.56. The Balaban J connectivity index is 2.61. The van der Waals surface area contributed by atoms with Gasteiger partial charge in [0.25, 0.3) is 0 Å². The van der Waals surface area contributed by atoms with Crippen LogP contribution in [-0.2, 0) is 0 Å². The van der Waals surface area contributed by atoms with Crippen LogP contribution in [0.25, 0.3) is 6.08 Å². The highest BCUT2D eigenvalue weighted by molar-refractivity contribution is 7.09. The molecule has 14 heavy (non-hydrogen) atoms. The van der Waals surface area contributed by atoms with Gasteiger partial charge in [0.05, 0.1) is 15.6 Å². The molecule has 1 atom stereocenters. The van der Waals surface area contributed by atoms with Crippen molar-refractivity contribution >= 4 is 23.8 Å². The van der Waals surface area contributed by atoms with Gasteiger partial charge < -0.3 is 0 Å². The first-order chi connectivity index (χ1) is 6.66. The Morgan fingerprint density at radius 1 is 1.43 bits per heavy atom. The van der Waals surface area contributed by atoms with Crippen LogP contribution in [0.4, 0.5) is 0 Å². The van der Waals surface area contributed by atoms with Crippen molar-refractivity contribution < 1.29 is 0 Å². The summed E-state index contributed by atoms with van der Waals surface area (Å²) in [5, 5.41) is 1.15. The zero-order valence-corrected chi connectivity index (χ0v) is 9.38. The molecule has 0 saturated carbocycles.